The quantitative estimate of drug-likeness (QED) is 0.00728. The molecule has 0 radical (unpaired) electrons. The summed E-state index contributed by atoms with van der Waals surface area (Å²) in [6.45, 7) is 1.12. The fourth-order valence-electron chi connectivity index (χ4n) is 11.6. The van der Waals surface area contributed by atoms with Crippen molar-refractivity contribution >= 4 is 66.6 Å². The van der Waals surface area contributed by atoms with E-state index in [9.17, 15) is 19.2 Å². The van der Waals surface area contributed by atoms with Gasteiger partial charge >= 0.3 is 13.6 Å². The van der Waals surface area contributed by atoms with Crippen molar-refractivity contribution in [3.63, 3.8) is 0 Å². The molecular weight excluding hydrogens is 1110 g/mol. The summed E-state index contributed by atoms with van der Waals surface area (Å²) in [5.74, 6) is -2.19. The van der Waals surface area contributed by atoms with Crippen LogP contribution in [0.4, 0.5) is 10.5 Å². The van der Waals surface area contributed by atoms with Crippen LogP contribution in [0.5, 0.6) is 11.5 Å². The van der Waals surface area contributed by atoms with Crippen LogP contribution < -0.4 is 63.0 Å². The second kappa shape index (κ2) is 32.1. The Hall–Kier alpha value is -7.25. The summed E-state index contributed by atoms with van der Waals surface area (Å²) < 4.78 is 28.0. The molecule has 4 aromatic carbocycles. The lowest BCUT2D eigenvalue weighted by Gasteiger charge is -2.32. The van der Waals surface area contributed by atoms with Crippen molar-refractivity contribution in [3.05, 3.63) is 126 Å². The highest BCUT2D eigenvalue weighted by Crippen LogP contribution is 2.53. The zero-order valence-electron chi connectivity index (χ0n) is 47.9. The van der Waals surface area contributed by atoms with Crippen molar-refractivity contribution in [2.45, 2.75) is 163 Å². The van der Waals surface area contributed by atoms with Crippen LogP contribution in [0.25, 0.3) is 0 Å². The molecule has 452 valence electrons. The van der Waals surface area contributed by atoms with Crippen molar-refractivity contribution in [2.24, 2.45) is 22.4 Å². The number of nitrogens with one attached hydrogen (secondary N) is 8. The highest BCUT2D eigenvalue weighted by Gasteiger charge is 2.44. The minimum atomic E-state index is -4.38. The summed E-state index contributed by atoms with van der Waals surface area (Å²) in [6, 6.07) is 31.1. The normalized spacial score (nSPS) is 19.5. The molecule has 7 amide bonds. The Morgan fingerprint density at radius 3 is 1.99 bits per heavy atom. The number of carbonyl (C=O) groups excluding carboxylic acids is 6. The second-order valence-electron chi connectivity index (χ2n) is 22.4. The van der Waals surface area contributed by atoms with Crippen molar-refractivity contribution in [1.29, 1.82) is 0 Å². The lowest BCUT2D eigenvalue weighted by atomic mass is 9.84. The third-order valence-electron chi connectivity index (χ3n) is 16.0. The van der Waals surface area contributed by atoms with Crippen LogP contribution >= 0.6 is 19.4 Å². The molecule has 8 rings (SSSR count). The third-order valence-corrected chi connectivity index (χ3v) is 19.6. The lowest BCUT2D eigenvalue weighted by Crippen LogP contribution is -2.58. The smallest absolute Gasteiger partial charge is 0.415 e. The van der Waals surface area contributed by atoms with E-state index < -0.39 is 49.2 Å². The first kappa shape index (κ1) is 62.8. The molecule has 2 saturated heterocycles. The molecule has 1 aliphatic carbocycles. The monoisotopic (exact) mass is 1190 g/mol. The Balaban J connectivity index is 0.943. The van der Waals surface area contributed by atoms with Gasteiger partial charge in [0.25, 0.3) is 0 Å². The first-order chi connectivity index (χ1) is 40.8. The van der Waals surface area contributed by atoms with Gasteiger partial charge in [-0.05, 0) is 98.7 Å². The standard InChI is InChI=1S/C62H84N11O9PS/c63-61(64)66-36-20-34-56(83(80,81-45-25-10-3-11-26-45)82-46-27-12-4-13-28-46)72-60(78)51(39-44-40-67-48-30-16-15-29-47(44)48)70-59(77)50(38-43-23-8-2-9-24-43)69-58(76)49(37-42-21-6-1-7-22-42)68-55(75)33-14-5-19-35-65-54(74)32-18-17-31-53-57-52(41-84-53)71-62(79)73-57/h1,3-4,6-7,10-13,15-16,21-22,25-30,43-44,49-53,56-57,67H,2,5,8-9,14,17-20,23-24,31-41H2,(H,65,74)(H,68,75)(H,69,76)(H,70,77)(H,72,78)(H4,63,64,66)(H2,71,73,79)/t44-,49-,50+,51+,52+,53-,56-,57+/m1/s1. The maximum absolute atomic E-state index is 15.5. The van der Waals surface area contributed by atoms with Gasteiger partial charge in [0.05, 0.1) is 12.1 Å². The number of nitrogens with zero attached hydrogens (tertiary/aromatic N) is 1. The Morgan fingerprint density at radius 2 is 1.29 bits per heavy atom. The number of urea groups is 1. The maximum Gasteiger partial charge on any atom is 0.452 e. The van der Waals surface area contributed by atoms with Crippen LogP contribution in [0.1, 0.15) is 126 Å². The van der Waals surface area contributed by atoms with Gasteiger partial charge in [0.1, 0.15) is 29.6 Å². The summed E-state index contributed by atoms with van der Waals surface area (Å²) in [5.41, 5.74) is 14.1. The van der Waals surface area contributed by atoms with Crippen LogP contribution in [0, 0.1) is 5.92 Å². The summed E-state index contributed by atoms with van der Waals surface area (Å²) in [5, 5.41) is 24.9. The third kappa shape index (κ3) is 19.4. The molecule has 0 unspecified atom stereocenters. The van der Waals surface area contributed by atoms with Crippen molar-refractivity contribution in [2.75, 3.05) is 30.7 Å². The van der Waals surface area contributed by atoms with Crippen molar-refractivity contribution in [1.82, 2.24) is 37.2 Å². The molecule has 84 heavy (non-hydrogen) atoms. The van der Waals surface area contributed by atoms with Gasteiger partial charge in [-0.15, -0.1) is 0 Å². The first-order valence-electron chi connectivity index (χ1n) is 30.0. The molecule has 0 spiro atoms. The number of benzene rings is 4. The fraction of sp³-hybridized carbons (Fsp3) is 0.500. The minimum Gasteiger partial charge on any atom is -0.415 e. The zero-order valence-corrected chi connectivity index (χ0v) is 49.6. The molecule has 4 aromatic rings. The van der Waals surface area contributed by atoms with E-state index in [0.717, 1.165) is 73.9 Å². The van der Waals surface area contributed by atoms with Crippen LogP contribution in [0.15, 0.2) is 120 Å². The van der Waals surface area contributed by atoms with Gasteiger partial charge in [-0.25, -0.2) is 9.36 Å². The number of rotatable bonds is 33. The van der Waals surface area contributed by atoms with E-state index in [2.05, 4.69) is 47.5 Å². The molecule has 20 nitrogen and oxygen atoms in total. The SMILES string of the molecule is NC(N)=NCCC[C@H](NC(=O)[C@H](C[C@@H]1CNc2ccccc21)NC(=O)[C@H](CC1CCCCC1)NC(=O)[C@@H](Cc1ccccc1)NC(=O)CCCCCNC(=O)CCCC[C@H]1SC[C@@H]2NC(=O)N[C@@H]21)P(=O)(Oc1ccccc1)Oc1ccccc1. The topological polar surface area (TPSA) is 299 Å². The fourth-order valence-corrected chi connectivity index (χ4v) is 15.0. The Kier molecular flexibility index (Phi) is 24.0. The molecule has 12 N–H and O–H groups in total. The number of amides is 7. The Morgan fingerprint density at radius 1 is 0.667 bits per heavy atom. The van der Waals surface area contributed by atoms with Gasteiger partial charge in [-0.3, -0.25) is 29.0 Å². The van der Waals surface area contributed by atoms with Crippen molar-refractivity contribution in [3.8, 4) is 11.5 Å². The van der Waals surface area contributed by atoms with Crippen LogP contribution in [-0.2, 0) is 35.0 Å². The molecule has 4 aliphatic rings. The van der Waals surface area contributed by atoms with E-state index >= 15 is 14.2 Å². The number of carbonyl (C=O) groups is 6. The number of hydrogen-bond donors (Lipinski definition) is 10. The predicted octanol–water partition coefficient (Wildman–Crippen LogP) is 7.50. The lowest BCUT2D eigenvalue weighted by molar-refractivity contribution is -0.134. The number of fused-ring (bicyclic) bond motifs is 2. The minimum absolute atomic E-state index is 0.00634. The largest absolute Gasteiger partial charge is 0.452 e. The van der Waals surface area contributed by atoms with E-state index in [0.29, 0.717) is 50.4 Å². The van der Waals surface area contributed by atoms with Gasteiger partial charge < -0.3 is 63.0 Å². The summed E-state index contributed by atoms with van der Waals surface area (Å²) in [6.07, 6.45) is 10.8. The highest BCUT2D eigenvalue weighted by atomic mass is 32.2. The number of guanidine groups is 1. The average Bonchev–Trinajstić information content (AvgIpc) is 4.38. The molecule has 3 heterocycles. The zero-order chi connectivity index (χ0) is 59.1. The number of hydrogen-bond acceptors (Lipinski definition) is 12. The van der Waals surface area contributed by atoms with E-state index in [-0.39, 0.29) is 97.9 Å². The predicted molar refractivity (Wildman–Crippen MR) is 328 cm³/mol. The van der Waals surface area contributed by atoms with Crippen LogP contribution in [0.3, 0.4) is 0 Å². The van der Waals surface area contributed by atoms with E-state index in [1.165, 1.54) is 0 Å². The molecular formula is C62H84N11O9PS. The number of para-hydroxylation sites is 3. The van der Waals surface area contributed by atoms with E-state index in [4.69, 9.17) is 20.5 Å². The van der Waals surface area contributed by atoms with Gasteiger partial charge in [0.2, 0.25) is 29.5 Å². The van der Waals surface area contributed by atoms with E-state index in [1.807, 2.05) is 66.4 Å². The summed E-state index contributed by atoms with van der Waals surface area (Å²) in [4.78, 5) is 87.4. The Labute approximate surface area is 497 Å². The number of aliphatic imine (C=N–C) groups is 1. The number of unbranched alkanes of at least 4 members (excludes halogenated alkanes) is 3. The van der Waals surface area contributed by atoms with Gasteiger partial charge in [0.15, 0.2) is 11.7 Å². The highest BCUT2D eigenvalue weighted by molar-refractivity contribution is 8.00. The van der Waals surface area contributed by atoms with Gasteiger partial charge in [-0.1, -0.05) is 130 Å². The average molecular weight is 1190 g/mol. The maximum atomic E-state index is 15.5. The van der Waals surface area contributed by atoms with Crippen LogP contribution in [0.2, 0.25) is 0 Å². The van der Waals surface area contributed by atoms with Crippen LogP contribution in [-0.4, -0.2) is 108 Å². The molecule has 8 atom stereocenters. The number of anilines is 1. The summed E-state index contributed by atoms with van der Waals surface area (Å²) in [7, 11) is -4.38. The number of nitrogens with two attached hydrogens (primary N) is 2. The van der Waals surface area contributed by atoms with Crippen molar-refractivity contribution < 1.29 is 42.4 Å². The molecule has 22 heteroatoms. The number of thioether (sulfide) groups is 1. The molecule has 0 bridgehead atoms. The molecule has 3 fully saturated rings. The van der Waals surface area contributed by atoms with Gasteiger partial charge in [-0.2, -0.15) is 11.8 Å². The Bertz CT molecular complexity index is 2820. The molecule has 0 aromatic heterocycles. The summed E-state index contributed by atoms with van der Waals surface area (Å²) >= 11 is 1.87. The van der Waals surface area contributed by atoms with Gasteiger partial charge in [0, 0.05) is 61.5 Å². The molecule has 3 aliphatic heterocycles. The molecule has 1 saturated carbocycles. The van der Waals surface area contributed by atoms with E-state index in [1.54, 1.807) is 60.7 Å². The first-order valence-corrected chi connectivity index (χ1v) is 32.6. The second-order valence-corrected chi connectivity index (χ2v) is 25.8.